The minimum Gasteiger partial charge on any atom is -0.399 e. The molecule has 1 aromatic carbocycles. The molecule has 1 rings (SSSR count). The zero-order valence-electron chi connectivity index (χ0n) is 9.71. The lowest BCUT2D eigenvalue weighted by Gasteiger charge is -2.12. The van der Waals surface area contributed by atoms with Crippen molar-refractivity contribution < 1.29 is 0 Å². The monoisotopic (exact) mass is 224 g/mol. The van der Waals surface area contributed by atoms with Gasteiger partial charge in [0.1, 0.15) is 0 Å². The van der Waals surface area contributed by atoms with E-state index in [0.717, 1.165) is 12.2 Å². The molecule has 0 amide bonds. The standard InChI is InChI=1S/C12H20N2S/c1-9-8-11(13)4-5-12(9)14-7-6-10(2)15-3/h4-5,8,10,14H,6-7,13H2,1-3H3. The second-order valence-electron chi connectivity index (χ2n) is 3.84. The molecule has 0 aliphatic carbocycles. The summed E-state index contributed by atoms with van der Waals surface area (Å²) < 4.78 is 0. The van der Waals surface area contributed by atoms with Crippen LogP contribution in [0.15, 0.2) is 18.2 Å². The second-order valence-corrected chi connectivity index (χ2v) is 5.11. The van der Waals surface area contributed by atoms with E-state index in [4.69, 9.17) is 5.73 Å². The van der Waals surface area contributed by atoms with Gasteiger partial charge in [-0.3, -0.25) is 0 Å². The summed E-state index contributed by atoms with van der Waals surface area (Å²) in [5.74, 6) is 0. The molecule has 0 saturated carbocycles. The fraction of sp³-hybridized carbons (Fsp3) is 0.500. The van der Waals surface area contributed by atoms with Gasteiger partial charge in [0.15, 0.2) is 0 Å². The van der Waals surface area contributed by atoms with Crippen LogP contribution >= 0.6 is 11.8 Å². The van der Waals surface area contributed by atoms with Gasteiger partial charge < -0.3 is 11.1 Å². The van der Waals surface area contributed by atoms with E-state index in [1.807, 2.05) is 23.9 Å². The molecule has 3 N–H and O–H groups in total. The quantitative estimate of drug-likeness (QED) is 0.755. The number of benzene rings is 1. The predicted octanol–water partition coefficient (Wildman–Crippen LogP) is 3.13. The van der Waals surface area contributed by atoms with Gasteiger partial charge >= 0.3 is 0 Å². The summed E-state index contributed by atoms with van der Waals surface area (Å²) in [4.78, 5) is 0. The molecular formula is C12H20N2S. The van der Waals surface area contributed by atoms with Crippen LogP contribution in [-0.4, -0.2) is 18.1 Å². The lowest BCUT2D eigenvalue weighted by molar-refractivity contribution is 0.853. The minimum atomic E-state index is 0.714. The fourth-order valence-corrected chi connectivity index (χ4v) is 1.77. The van der Waals surface area contributed by atoms with Crippen molar-refractivity contribution in [3.05, 3.63) is 23.8 Å². The Hall–Kier alpha value is -0.830. The minimum absolute atomic E-state index is 0.714. The molecule has 0 aliphatic rings. The van der Waals surface area contributed by atoms with Gasteiger partial charge in [0.2, 0.25) is 0 Å². The Bertz CT molecular complexity index is 312. The second kappa shape index (κ2) is 5.91. The topological polar surface area (TPSA) is 38.0 Å². The molecule has 1 aromatic rings. The summed E-state index contributed by atoms with van der Waals surface area (Å²) >= 11 is 1.91. The first-order valence-corrected chi connectivity index (χ1v) is 6.55. The van der Waals surface area contributed by atoms with Gasteiger partial charge in [-0.25, -0.2) is 0 Å². The third-order valence-electron chi connectivity index (χ3n) is 2.52. The summed E-state index contributed by atoms with van der Waals surface area (Å²) in [5, 5.41) is 4.15. The third kappa shape index (κ3) is 4.04. The normalized spacial score (nSPS) is 12.5. The first-order chi connectivity index (χ1) is 7.13. The Morgan fingerprint density at radius 2 is 2.20 bits per heavy atom. The van der Waals surface area contributed by atoms with Crippen molar-refractivity contribution in [2.24, 2.45) is 0 Å². The Kier molecular flexibility index (Phi) is 4.82. The van der Waals surface area contributed by atoms with Crippen molar-refractivity contribution in [1.82, 2.24) is 0 Å². The van der Waals surface area contributed by atoms with Gasteiger partial charge in [-0.2, -0.15) is 11.8 Å². The molecule has 2 nitrogen and oxygen atoms in total. The van der Waals surface area contributed by atoms with Gasteiger partial charge in [-0.1, -0.05) is 6.92 Å². The number of nitrogens with two attached hydrogens (primary N) is 1. The fourth-order valence-electron chi connectivity index (χ4n) is 1.41. The van der Waals surface area contributed by atoms with E-state index >= 15 is 0 Å². The summed E-state index contributed by atoms with van der Waals surface area (Å²) in [6.45, 7) is 5.35. The maximum absolute atomic E-state index is 5.69. The lowest BCUT2D eigenvalue weighted by atomic mass is 10.2. The molecule has 0 bridgehead atoms. The Balaban J connectivity index is 2.44. The Morgan fingerprint density at radius 3 is 2.80 bits per heavy atom. The number of aryl methyl sites for hydroxylation is 1. The lowest BCUT2D eigenvalue weighted by Crippen LogP contribution is -2.08. The summed E-state index contributed by atoms with van der Waals surface area (Å²) in [6, 6.07) is 5.99. The van der Waals surface area contributed by atoms with E-state index in [0.29, 0.717) is 5.25 Å². The van der Waals surface area contributed by atoms with Crippen molar-refractivity contribution in [1.29, 1.82) is 0 Å². The number of nitrogen functional groups attached to an aromatic ring is 1. The smallest absolute Gasteiger partial charge is 0.0371 e. The maximum Gasteiger partial charge on any atom is 0.0371 e. The molecule has 0 aliphatic heterocycles. The van der Waals surface area contributed by atoms with Crippen molar-refractivity contribution in [3.63, 3.8) is 0 Å². The largest absolute Gasteiger partial charge is 0.399 e. The molecule has 15 heavy (non-hydrogen) atoms. The van der Waals surface area contributed by atoms with Crippen LogP contribution in [0.1, 0.15) is 18.9 Å². The molecule has 0 radical (unpaired) electrons. The van der Waals surface area contributed by atoms with Crippen LogP contribution in [-0.2, 0) is 0 Å². The molecule has 3 heteroatoms. The molecule has 84 valence electrons. The SMILES string of the molecule is CSC(C)CCNc1ccc(N)cc1C. The maximum atomic E-state index is 5.69. The van der Waals surface area contributed by atoms with Crippen LogP contribution < -0.4 is 11.1 Å². The van der Waals surface area contributed by atoms with Crippen LogP contribution in [0, 0.1) is 6.92 Å². The number of anilines is 2. The van der Waals surface area contributed by atoms with Crippen molar-refractivity contribution in [3.8, 4) is 0 Å². The van der Waals surface area contributed by atoms with Crippen LogP contribution in [0.25, 0.3) is 0 Å². The molecule has 0 spiro atoms. The Morgan fingerprint density at radius 1 is 1.47 bits per heavy atom. The van der Waals surface area contributed by atoms with Crippen LogP contribution in [0.4, 0.5) is 11.4 Å². The zero-order chi connectivity index (χ0) is 11.3. The third-order valence-corrected chi connectivity index (χ3v) is 3.56. The molecule has 0 fully saturated rings. The van der Waals surface area contributed by atoms with Gasteiger partial charge in [0.25, 0.3) is 0 Å². The van der Waals surface area contributed by atoms with Crippen molar-refractivity contribution in [2.75, 3.05) is 23.9 Å². The Labute approximate surface area is 96.6 Å². The number of nitrogens with one attached hydrogen (secondary N) is 1. The van der Waals surface area contributed by atoms with E-state index in [1.54, 1.807) is 0 Å². The highest BCUT2D eigenvalue weighted by Gasteiger charge is 2.00. The molecule has 1 atom stereocenters. The van der Waals surface area contributed by atoms with Gasteiger partial charge in [-0.05, 0) is 43.4 Å². The van der Waals surface area contributed by atoms with E-state index in [2.05, 4.69) is 31.5 Å². The van der Waals surface area contributed by atoms with Crippen LogP contribution in [0.2, 0.25) is 0 Å². The molecule has 0 saturated heterocycles. The first-order valence-electron chi connectivity index (χ1n) is 5.26. The average Bonchev–Trinajstić information content (AvgIpc) is 2.21. The molecule has 0 heterocycles. The van der Waals surface area contributed by atoms with Crippen molar-refractivity contribution >= 4 is 23.1 Å². The zero-order valence-corrected chi connectivity index (χ0v) is 10.5. The number of hydrogen-bond donors (Lipinski definition) is 2. The van der Waals surface area contributed by atoms with Crippen LogP contribution in [0.3, 0.4) is 0 Å². The first kappa shape index (κ1) is 12.2. The summed E-state index contributed by atoms with van der Waals surface area (Å²) in [6.07, 6.45) is 3.34. The highest BCUT2D eigenvalue weighted by atomic mass is 32.2. The van der Waals surface area contributed by atoms with E-state index in [9.17, 15) is 0 Å². The van der Waals surface area contributed by atoms with E-state index < -0.39 is 0 Å². The highest BCUT2D eigenvalue weighted by Crippen LogP contribution is 2.18. The van der Waals surface area contributed by atoms with Crippen LogP contribution in [0.5, 0.6) is 0 Å². The van der Waals surface area contributed by atoms with Crippen molar-refractivity contribution in [2.45, 2.75) is 25.5 Å². The average molecular weight is 224 g/mol. The molecule has 1 unspecified atom stereocenters. The molecular weight excluding hydrogens is 204 g/mol. The van der Waals surface area contributed by atoms with Gasteiger partial charge in [0.05, 0.1) is 0 Å². The summed E-state index contributed by atoms with van der Waals surface area (Å²) in [7, 11) is 0. The number of hydrogen-bond acceptors (Lipinski definition) is 3. The van der Waals surface area contributed by atoms with Gasteiger partial charge in [0, 0.05) is 23.2 Å². The van der Waals surface area contributed by atoms with E-state index in [-0.39, 0.29) is 0 Å². The van der Waals surface area contributed by atoms with Gasteiger partial charge in [-0.15, -0.1) is 0 Å². The molecule has 0 aromatic heterocycles. The summed E-state index contributed by atoms with van der Waals surface area (Å²) in [5.41, 5.74) is 8.93. The number of rotatable bonds is 5. The predicted molar refractivity (Wildman–Crippen MR) is 71.7 cm³/mol. The highest BCUT2D eigenvalue weighted by molar-refractivity contribution is 7.99. The van der Waals surface area contributed by atoms with E-state index in [1.165, 1.54) is 17.7 Å². The number of thioether (sulfide) groups is 1.